The molecule has 0 spiro atoms. The second-order valence-corrected chi connectivity index (χ2v) is 21.5. The fraction of sp³-hybridized carbons (Fsp3) is 0.230. The van der Waals surface area contributed by atoms with Crippen molar-refractivity contribution in [2.24, 2.45) is 0 Å². The second-order valence-electron chi connectivity index (χ2n) is 21.5. The van der Waals surface area contributed by atoms with Crippen molar-refractivity contribution >= 4 is 66.3 Å². The van der Waals surface area contributed by atoms with Crippen molar-refractivity contribution < 1.29 is 9.18 Å². The molecule has 0 aliphatic heterocycles. The van der Waals surface area contributed by atoms with Crippen molar-refractivity contribution in [3.8, 4) is 22.3 Å². The number of benzene rings is 10. The van der Waals surface area contributed by atoms with E-state index in [2.05, 4.69) is 202 Å². The molecule has 0 N–H and O–H groups in total. The molecular weight excluding hydrogens is 952 g/mol. The first-order valence-electron chi connectivity index (χ1n) is 28.5. The lowest BCUT2D eigenvalue weighted by molar-refractivity contribution is 0.0946. The van der Waals surface area contributed by atoms with E-state index in [0.29, 0.717) is 17.4 Å². The molecule has 1 fully saturated rings. The monoisotopic (exact) mass is 1020 g/mol. The van der Waals surface area contributed by atoms with Crippen molar-refractivity contribution in [2.75, 3.05) is 4.90 Å². The van der Waals surface area contributed by atoms with E-state index in [-0.39, 0.29) is 17.1 Å². The Kier molecular flexibility index (Phi) is 14.5. The van der Waals surface area contributed by atoms with Gasteiger partial charge >= 0.3 is 0 Å². The molecule has 390 valence electrons. The van der Waals surface area contributed by atoms with Crippen molar-refractivity contribution in [1.29, 1.82) is 0 Å². The van der Waals surface area contributed by atoms with E-state index >= 15 is 0 Å². The molecule has 1 saturated carbocycles. The van der Waals surface area contributed by atoms with Crippen molar-refractivity contribution in [2.45, 2.75) is 111 Å². The predicted octanol–water partition coefficient (Wildman–Crippen LogP) is 21.2. The Morgan fingerprint density at radius 3 is 1.81 bits per heavy atom. The van der Waals surface area contributed by atoms with Crippen LogP contribution in [0.1, 0.15) is 129 Å². The fourth-order valence-corrected chi connectivity index (χ4v) is 13.6. The molecule has 14 rings (SSSR count). The largest absolute Gasteiger partial charge is 0.307 e. The molecule has 3 aliphatic carbocycles. The highest BCUT2D eigenvalue weighted by Gasteiger charge is 2.45. The number of rotatable bonds is 7. The Hall–Kier alpha value is -8.08. The summed E-state index contributed by atoms with van der Waals surface area (Å²) < 4.78 is 14.3. The first-order valence-corrected chi connectivity index (χ1v) is 28.5. The molecule has 1 heterocycles. The summed E-state index contributed by atoms with van der Waals surface area (Å²) in [6.07, 6.45) is 6.82. The van der Waals surface area contributed by atoms with E-state index in [4.69, 9.17) is 0 Å². The number of carbonyl (C=O) groups is 1. The lowest BCUT2D eigenvalue weighted by Crippen LogP contribution is -2.27. The third kappa shape index (κ3) is 8.71. The van der Waals surface area contributed by atoms with E-state index in [1.54, 1.807) is 26.0 Å². The molecule has 1 aromatic heterocycles. The zero-order valence-electron chi connectivity index (χ0n) is 46.6. The molecule has 3 aliphatic rings. The normalized spacial score (nSPS) is 15.0. The number of anilines is 3. The van der Waals surface area contributed by atoms with E-state index in [1.807, 2.05) is 30.5 Å². The van der Waals surface area contributed by atoms with E-state index in [0.717, 1.165) is 53.2 Å². The van der Waals surface area contributed by atoms with Crippen LogP contribution < -0.4 is 4.90 Å². The van der Waals surface area contributed by atoms with Crippen LogP contribution in [0, 0.1) is 26.6 Å². The molecule has 4 heteroatoms. The number of halogens is 1. The fourth-order valence-electron chi connectivity index (χ4n) is 13.6. The SMILES string of the molecule is CC.CCCC1(CCC)c2cc(C)ccc2-c2c1cc(N(c1cccc3c1-c1ccccc1C1CCC31)c1cccc3c4ccccc4n(C(C)=O)c13)c1ccccc21.Cc1cccc2ccccc12.Cc1ccccc1F. The highest BCUT2D eigenvalue weighted by molar-refractivity contribution is 6.19. The van der Waals surface area contributed by atoms with Crippen LogP contribution in [0.15, 0.2) is 200 Å². The molecule has 0 saturated heterocycles. The number of nitrogens with zero attached hydrogens (tertiary/aromatic N) is 2. The third-order valence-corrected chi connectivity index (χ3v) is 17.0. The minimum absolute atomic E-state index is 0.0147. The van der Waals surface area contributed by atoms with Gasteiger partial charge in [-0.15, -0.1) is 0 Å². The van der Waals surface area contributed by atoms with Crippen LogP contribution in [-0.2, 0) is 5.41 Å². The van der Waals surface area contributed by atoms with Gasteiger partial charge in [0.1, 0.15) is 5.82 Å². The highest BCUT2D eigenvalue weighted by atomic mass is 19.1. The van der Waals surface area contributed by atoms with E-state index < -0.39 is 0 Å². The van der Waals surface area contributed by atoms with Crippen LogP contribution >= 0.6 is 0 Å². The summed E-state index contributed by atoms with van der Waals surface area (Å²) in [7, 11) is 0. The molecule has 0 radical (unpaired) electrons. The zero-order chi connectivity index (χ0) is 54.2. The smallest absolute Gasteiger partial charge is 0.228 e. The Morgan fingerprint density at radius 1 is 0.526 bits per heavy atom. The van der Waals surface area contributed by atoms with Crippen LogP contribution in [0.3, 0.4) is 0 Å². The summed E-state index contributed by atoms with van der Waals surface area (Å²) in [4.78, 5) is 16.5. The summed E-state index contributed by atoms with van der Waals surface area (Å²) >= 11 is 0. The van der Waals surface area contributed by atoms with Gasteiger partial charge in [0.25, 0.3) is 0 Å². The molecule has 10 aromatic carbocycles. The Balaban J connectivity index is 0.000000256. The predicted molar refractivity (Wildman–Crippen MR) is 330 cm³/mol. The van der Waals surface area contributed by atoms with E-state index in [1.165, 1.54) is 107 Å². The van der Waals surface area contributed by atoms with Crippen LogP contribution in [-0.4, -0.2) is 10.5 Å². The van der Waals surface area contributed by atoms with Gasteiger partial charge in [0.2, 0.25) is 5.91 Å². The summed E-state index contributed by atoms with van der Waals surface area (Å²) in [5, 5.41) is 7.38. The lowest BCUT2D eigenvalue weighted by Gasteiger charge is -2.45. The molecule has 2 atom stereocenters. The molecule has 3 nitrogen and oxygen atoms in total. The first-order chi connectivity index (χ1) is 38.1. The number of fused-ring (bicyclic) bond motifs is 15. The van der Waals surface area contributed by atoms with Crippen LogP contribution in [0.25, 0.3) is 65.6 Å². The number of para-hydroxylation sites is 2. The quantitative estimate of drug-likeness (QED) is 0.159. The van der Waals surface area contributed by atoms with Crippen molar-refractivity contribution in [3.63, 3.8) is 0 Å². The van der Waals surface area contributed by atoms with Gasteiger partial charge < -0.3 is 4.90 Å². The van der Waals surface area contributed by atoms with Gasteiger partial charge in [-0.2, -0.15) is 0 Å². The minimum atomic E-state index is -0.132. The summed E-state index contributed by atoms with van der Waals surface area (Å²) in [5.41, 5.74) is 19.8. The van der Waals surface area contributed by atoms with Gasteiger partial charge in [-0.25, -0.2) is 4.39 Å². The van der Waals surface area contributed by atoms with Gasteiger partial charge in [0.15, 0.2) is 0 Å². The van der Waals surface area contributed by atoms with Gasteiger partial charge in [0.05, 0.1) is 28.1 Å². The second kappa shape index (κ2) is 21.7. The maximum absolute atomic E-state index is 14.0. The van der Waals surface area contributed by atoms with E-state index in [9.17, 15) is 9.18 Å². The maximum Gasteiger partial charge on any atom is 0.228 e. The highest BCUT2D eigenvalue weighted by Crippen LogP contribution is 2.62. The topological polar surface area (TPSA) is 25.2 Å². The number of hydrogen-bond acceptors (Lipinski definition) is 2. The Morgan fingerprint density at radius 2 is 1.10 bits per heavy atom. The summed E-state index contributed by atoms with van der Waals surface area (Å²) in [6, 6.07) is 71.6. The third-order valence-electron chi connectivity index (χ3n) is 17.0. The Labute approximate surface area is 461 Å². The standard InChI is InChI=1S/C54H48N2O.C11H10.C7H7F.C2H6/c1-5-29-54(30-6-2)45-31-33(3)25-26-44(45)51-42-19-10-8-16-38(42)50(32-46(51)54)56(49-24-14-21-43-39-17-11-12-22-47(39)55(34(4)57)53(43)49)48-23-13-20-41-37-28-27-36(37)35-15-7-9-18-40(35)52(41)48;1-9-5-4-7-10-6-2-3-8-11(9)10;1-6-4-2-3-5-7(6)8;1-2/h7-26,31-32,36-37H,5-6,27-30H2,1-4H3;2-8H,1H3;2-5H,1H3;1-2H3. The van der Waals surface area contributed by atoms with Gasteiger partial charge in [-0.1, -0.05) is 216 Å². The number of hydrogen-bond donors (Lipinski definition) is 0. The van der Waals surface area contributed by atoms with Crippen LogP contribution in [0.5, 0.6) is 0 Å². The summed E-state index contributed by atoms with van der Waals surface area (Å²) in [5.74, 6) is 0.952. The lowest BCUT2D eigenvalue weighted by atomic mass is 9.60. The molecule has 11 aromatic rings. The van der Waals surface area contributed by atoms with Gasteiger partial charge in [-0.05, 0) is 155 Å². The van der Waals surface area contributed by atoms with Crippen LogP contribution in [0.4, 0.5) is 21.5 Å². The van der Waals surface area contributed by atoms with Gasteiger partial charge in [-0.3, -0.25) is 9.36 Å². The van der Waals surface area contributed by atoms with Crippen LogP contribution in [0.2, 0.25) is 0 Å². The average Bonchev–Trinajstić information content (AvgIpc) is 4.15. The average molecular weight is 1020 g/mol. The molecule has 0 bridgehead atoms. The van der Waals surface area contributed by atoms with Gasteiger partial charge in [0, 0.05) is 34.1 Å². The number of carbonyl (C=O) groups excluding carboxylic acids is 1. The number of aromatic nitrogens is 1. The van der Waals surface area contributed by atoms with Crippen molar-refractivity contribution in [1.82, 2.24) is 4.57 Å². The summed E-state index contributed by atoms with van der Waals surface area (Å²) in [6.45, 7) is 16.5. The minimum Gasteiger partial charge on any atom is -0.307 e. The molecule has 0 amide bonds. The molecule has 78 heavy (non-hydrogen) atoms. The molecular formula is C74H71FN2O. The Bertz CT molecular complexity index is 4010. The molecule has 2 unspecified atom stereocenters. The number of aryl methyl sites for hydroxylation is 3. The van der Waals surface area contributed by atoms with Crippen molar-refractivity contribution in [3.05, 3.63) is 245 Å². The maximum atomic E-state index is 14.0. The first kappa shape index (κ1) is 52.0. The zero-order valence-corrected chi connectivity index (χ0v) is 46.6.